The maximum Gasteiger partial charge on any atom is 0.387 e. The average molecular weight is 441 g/mol. The molecule has 5 heteroatoms. The molecule has 0 spiro atoms. The lowest BCUT2D eigenvalue weighted by Crippen LogP contribution is -2.18. The largest absolute Gasteiger partial charge is 0.429 e. The van der Waals surface area contributed by atoms with Crippen molar-refractivity contribution in [1.29, 1.82) is 0 Å². The van der Waals surface area contributed by atoms with Crippen LogP contribution in [0.25, 0.3) is 0 Å². The summed E-state index contributed by atoms with van der Waals surface area (Å²) in [5.41, 5.74) is 0.561. The molecule has 31 heavy (non-hydrogen) atoms. The molecule has 0 N–H and O–H groups in total. The van der Waals surface area contributed by atoms with Gasteiger partial charge in [0.2, 0.25) is 0 Å². The standard InChI is InChI=1S/C26H36F4O/c1-2-3-4-5-18-6-8-19(9-7-18)10-11-20-12-14-21(15-13-20)22-16-23(27)25(24(28)17-22)31-26(29)30/h3-4,16-21,26H,2,5-15H2,1H3/b4-3+/t18-,19-,20-,21-. The fourth-order valence-corrected chi connectivity index (χ4v) is 5.48. The third-order valence-electron chi connectivity index (χ3n) is 7.37. The van der Waals surface area contributed by atoms with Crippen LogP contribution < -0.4 is 4.74 Å². The molecule has 0 radical (unpaired) electrons. The SMILES string of the molecule is CC/C=C/C[C@H]1CC[C@H](CC[C@H]2CC[C@H](c3cc(F)c(OC(F)F)c(F)c3)CC2)CC1. The van der Waals surface area contributed by atoms with Gasteiger partial charge in [-0.3, -0.25) is 0 Å². The molecular weight excluding hydrogens is 404 g/mol. The summed E-state index contributed by atoms with van der Waals surface area (Å²) in [5.74, 6) is -0.563. The second-order valence-electron chi connectivity index (χ2n) is 9.49. The number of allylic oxidation sites excluding steroid dienone is 2. The van der Waals surface area contributed by atoms with Crippen LogP contribution in [0.1, 0.15) is 95.5 Å². The summed E-state index contributed by atoms with van der Waals surface area (Å²) >= 11 is 0. The van der Waals surface area contributed by atoms with Crippen molar-refractivity contribution in [3.05, 3.63) is 41.5 Å². The van der Waals surface area contributed by atoms with Crippen LogP contribution in [0.2, 0.25) is 0 Å². The van der Waals surface area contributed by atoms with Crippen molar-refractivity contribution >= 4 is 0 Å². The van der Waals surface area contributed by atoms with E-state index in [4.69, 9.17) is 0 Å². The molecule has 1 aromatic carbocycles. The summed E-state index contributed by atoms with van der Waals surface area (Å²) in [6.07, 6.45) is 18.9. The van der Waals surface area contributed by atoms with Gasteiger partial charge in [0.1, 0.15) is 0 Å². The molecule has 2 aliphatic rings. The topological polar surface area (TPSA) is 9.23 Å². The number of rotatable bonds is 9. The summed E-state index contributed by atoms with van der Waals surface area (Å²) < 4.78 is 56.7. The van der Waals surface area contributed by atoms with E-state index < -0.39 is 24.0 Å². The zero-order valence-electron chi connectivity index (χ0n) is 18.6. The van der Waals surface area contributed by atoms with Crippen molar-refractivity contribution in [3.8, 4) is 5.75 Å². The van der Waals surface area contributed by atoms with Gasteiger partial charge in [-0.05, 0) is 92.7 Å². The number of halogens is 4. The molecule has 3 rings (SSSR count). The molecular formula is C26H36F4O. The van der Waals surface area contributed by atoms with E-state index in [0.29, 0.717) is 11.5 Å². The van der Waals surface area contributed by atoms with Crippen LogP contribution in [0.15, 0.2) is 24.3 Å². The van der Waals surface area contributed by atoms with Gasteiger partial charge in [-0.25, -0.2) is 8.78 Å². The highest BCUT2D eigenvalue weighted by Gasteiger charge is 2.27. The molecule has 0 atom stereocenters. The lowest BCUT2D eigenvalue weighted by atomic mass is 9.74. The van der Waals surface area contributed by atoms with Crippen LogP contribution in [-0.2, 0) is 0 Å². The van der Waals surface area contributed by atoms with Crippen molar-refractivity contribution in [3.63, 3.8) is 0 Å². The van der Waals surface area contributed by atoms with Crippen molar-refractivity contribution in [2.24, 2.45) is 17.8 Å². The van der Waals surface area contributed by atoms with E-state index >= 15 is 0 Å². The average Bonchev–Trinajstić information content (AvgIpc) is 2.76. The molecule has 1 nitrogen and oxygen atoms in total. The highest BCUT2D eigenvalue weighted by Crippen LogP contribution is 2.41. The monoisotopic (exact) mass is 440 g/mol. The third-order valence-corrected chi connectivity index (χ3v) is 7.37. The van der Waals surface area contributed by atoms with Gasteiger partial charge < -0.3 is 4.74 Å². The van der Waals surface area contributed by atoms with E-state index in [1.54, 1.807) is 0 Å². The third kappa shape index (κ3) is 7.25. The van der Waals surface area contributed by atoms with Crippen LogP contribution >= 0.6 is 0 Å². The highest BCUT2D eigenvalue weighted by molar-refractivity contribution is 5.33. The van der Waals surface area contributed by atoms with Crippen molar-refractivity contribution in [2.75, 3.05) is 0 Å². The summed E-state index contributed by atoms with van der Waals surface area (Å²) in [7, 11) is 0. The molecule has 0 unspecified atom stereocenters. The predicted octanol–water partition coefficient (Wildman–Crippen LogP) is 8.78. The second-order valence-corrected chi connectivity index (χ2v) is 9.49. The Morgan fingerprint density at radius 1 is 0.839 bits per heavy atom. The number of hydrogen-bond donors (Lipinski definition) is 0. The van der Waals surface area contributed by atoms with Gasteiger partial charge in [-0.1, -0.05) is 44.8 Å². The highest BCUT2D eigenvalue weighted by atomic mass is 19.3. The predicted molar refractivity (Wildman–Crippen MR) is 116 cm³/mol. The number of hydrogen-bond acceptors (Lipinski definition) is 1. The molecule has 0 aliphatic heterocycles. The Morgan fingerprint density at radius 3 is 1.87 bits per heavy atom. The van der Waals surface area contributed by atoms with Gasteiger partial charge in [0.15, 0.2) is 17.4 Å². The first-order valence-corrected chi connectivity index (χ1v) is 12.0. The molecule has 174 valence electrons. The van der Waals surface area contributed by atoms with Crippen LogP contribution in [-0.4, -0.2) is 6.61 Å². The molecule has 2 fully saturated rings. The van der Waals surface area contributed by atoms with Crippen LogP contribution in [0, 0.1) is 29.4 Å². The van der Waals surface area contributed by atoms with Gasteiger partial charge in [0.25, 0.3) is 0 Å². The summed E-state index contributed by atoms with van der Waals surface area (Å²) in [4.78, 5) is 0. The van der Waals surface area contributed by atoms with E-state index in [0.717, 1.165) is 43.9 Å². The zero-order chi connectivity index (χ0) is 22.2. The lowest BCUT2D eigenvalue weighted by molar-refractivity contribution is -0.0546. The Morgan fingerprint density at radius 2 is 1.35 bits per heavy atom. The first-order valence-electron chi connectivity index (χ1n) is 12.0. The molecule has 0 bridgehead atoms. The maximum absolute atomic E-state index is 14.0. The first kappa shape index (κ1) is 24.1. The maximum atomic E-state index is 14.0. The van der Waals surface area contributed by atoms with E-state index in [1.165, 1.54) is 57.1 Å². The van der Waals surface area contributed by atoms with E-state index in [-0.39, 0.29) is 5.92 Å². The number of benzene rings is 1. The van der Waals surface area contributed by atoms with Crippen molar-refractivity contribution in [1.82, 2.24) is 0 Å². The molecule has 0 aromatic heterocycles. The minimum atomic E-state index is -3.24. The molecule has 2 saturated carbocycles. The van der Waals surface area contributed by atoms with Crippen molar-refractivity contribution < 1.29 is 22.3 Å². The van der Waals surface area contributed by atoms with E-state index in [2.05, 4.69) is 23.8 Å². The molecule has 1 aromatic rings. The molecule has 0 heterocycles. The molecule has 2 aliphatic carbocycles. The van der Waals surface area contributed by atoms with Gasteiger partial charge in [-0.2, -0.15) is 8.78 Å². The van der Waals surface area contributed by atoms with Gasteiger partial charge in [0.05, 0.1) is 0 Å². The lowest BCUT2D eigenvalue weighted by Gasteiger charge is -2.32. The van der Waals surface area contributed by atoms with Crippen LogP contribution in [0.4, 0.5) is 17.6 Å². The van der Waals surface area contributed by atoms with Gasteiger partial charge in [-0.15, -0.1) is 0 Å². The quantitative estimate of drug-likeness (QED) is 0.275. The Kier molecular flexibility index (Phi) is 9.28. The second kappa shape index (κ2) is 11.9. The Balaban J connectivity index is 1.40. The number of alkyl halides is 2. The van der Waals surface area contributed by atoms with Gasteiger partial charge in [0, 0.05) is 0 Å². The normalized spacial score (nSPS) is 27.2. The van der Waals surface area contributed by atoms with E-state index in [1.807, 2.05) is 0 Å². The molecule has 0 amide bonds. The summed E-state index contributed by atoms with van der Waals surface area (Å²) in [6, 6.07) is 2.33. The smallest absolute Gasteiger partial charge is 0.387 e. The van der Waals surface area contributed by atoms with Gasteiger partial charge >= 0.3 is 6.61 Å². The summed E-state index contributed by atoms with van der Waals surface area (Å²) in [5, 5.41) is 0. The minimum absolute atomic E-state index is 0.0902. The van der Waals surface area contributed by atoms with E-state index in [9.17, 15) is 17.6 Å². The fourth-order valence-electron chi connectivity index (χ4n) is 5.48. The fraction of sp³-hybridized carbons (Fsp3) is 0.692. The Hall–Kier alpha value is -1.52. The summed E-state index contributed by atoms with van der Waals surface area (Å²) in [6.45, 7) is -1.06. The van der Waals surface area contributed by atoms with Crippen LogP contribution in [0.5, 0.6) is 5.75 Å². The first-order chi connectivity index (χ1) is 15.0. The van der Waals surface area contributed by atoms with Crippen molar-refractivity contribution in [2.45, 2.75) is 96.5 Å². The number of ether oxygens (including phenoxy) is 1. The Bertz CT molecular complexity index is 678. The zero-order valence-corrected chi connectivity index (χ0v) is 18.6. The minimum Gasteiger partial charge on any atom is -0.429 e. The Labute approximate surface area is 184 Å². The molecule has 0 saturated heterocycles. The van der Waals surface area contributed by atoms with Crippen LogP contribution in [0.3, 0.4) is 0 Å².